The maximum absolute atomic E-state index is 11.9. The van der Waals surface area contributed by atoms with Crippen LogP contribution in [0.4, 0.5) is 0 Å². The monoisotopic (exact) mass is 210 g/mol. The van der Waals surface area contributed by atoms with Gasteiger partial charge in [0.05, 0.1) is 31.6 Å². The number of ether oxygens (including phenoxy) is 2. The molecule has 0 N–H and O–H groups in total. The lowest BCUT2D eigenvalue weighted by Crippen LogP contribution is -2.35. The van der Waals surface area contributed by atoms with E-state index in [1.54, 1.807) is 17.1 Å². The molecule has 1 unspecified atom stereocenters. The van der Waals surface area contributed by atoms with Gasteiger partial charge in [0.2, 0.25) is 0 Å². The highest BCUT2D eigenvalue weighted by atomic mass is 16.6. The molecule has 2 heterocycles. The van der Waals surface area contributed by atoms with Crippen LogP contribution in [0.25, 0.3) is 0 Å². The first-order valence-electron chi connectivity index (χ1n) is 5.07. The van der Waals surface area contributed by atoms with Crippen LogP contribution in [0.15, 0.2) is 12.4 Å². The lowest BCUT2D eigenvalue weighted by Gasteiger charge is -2.21. The fourth-order valence-electron chi connectivity index (χ4n) is 1.49. The number of carbonyl (C=O) groups is 1. The molecule has 5 heteroatoms. The first kappa shape index (κ1) is 10.3. The van der Waals surface area contributed by atoms with Crippen LogP contribution in [-0.4, -0.2) is 41.5 Å². The van der Waals surface area contributed by atoms with Gasteiger partial charge >= 0.3 is 0 Å². The molecule has 1 aromatic heterocycles. The lowest BCUT2D eigenvalue weighted by molar-refractivity contribution is -0.0719. The van der Waals surface area contributed by atoms with E-state index in [0.29, 0.717) is 25.4 Å². The van der Waals surface area contributed by atoms with Gasteiger partial charge in [0.1, 0.15) is 6.10 Å². The molecule has 0 aliphatic carbocycles. The number of aryl methyl sites for hydroxylation is 1. The van der Waals surface area contributed by atoms with Crippen LogP contribution in [0.1, 0.15) is 17.3 Å². The number of aromatic nitrogens is 2. The van der Waals surface area contributed by atoms with Crippen molar-refractivity contribution in [3.05, 3.63) is 18.0 Å². The summed E-state index contributed by atoms with van der Waals surface area (Å²) in [5.41, 5.74) is 0.590. The summed E-state index contributed by atoms with van der Waals surface area (Å²) in [6, 6.07) is 0. The topological polar surface area (TPSA) is 53.4 Å². The third kappa shape index (κ3) is 2.24. The van der Waals surface area contributed by atoms with E-state index in [9.17, 15) is 4.79 Å². The molecule has 1 aliphatic heterocycles. The molecule has 1 aliphatic rings. The van der Waals surface area contributed by atoms with Crippen LogP contribution in [-0.2, 0) is 16.0 Å². The Hall–Kier alpha value is -1.20. The van der Waals surface area contributed by atoms with Gasteiger partial charge in [-0.1, -0.05) is 0 Å². The van der Waals surface area contributed by atoms with Crippen molar-refractivity contribution in [1.29, 1.82) is 0 Å². The number of hydrogen-bond donors (Lipinski definition) is 0. The van der Waals surface area contributed by atoms with Crippen molar-refractivity contribution >= 4 is 5.78 Å². The molecule has 0 saturated carbocycles. The summed E-state index contributed by atoms with van der Waals surface area (Å²) in [6.07, 6.45) is 2.85. The van der Waals surface area contributed by atoms with E-state index >= 15 is 0 Å². The summed E-state index contributed by atoms with van der Waals surface area (Å²) >= 11 is 0. The molecule has 5 nitrogen and oxygen atoms in total. The van der Waals surface area contributed by atoms with Crippen LogP contribution in [0.3, 0.4) is 0 Å². The zero-order valence-electron chi connectivity index (χ0n) is 8.68. The Morgan fingerprint density at radius 3 is 3.13 bits per heavy atom. The molecule has 0 spiro atoms. The van der Waals surface area contributed by atoms with Gasteiger partial charge in [0.25, 0.3) is 0 Å². The summed E-state index contributed by atoms with van der Waals surface area (Å²) in [7, 11) is 0. The predicted octanol–water partition coefficient (Wildman–Crippen LogP) is 0.501. The zero-order chi connectivity index (χ0) is 10.7. The molecule has 1 aromatic rings. The Bertz CT molecular complexity index is 342. The molecule has 0 bridgehead atoms. The number of nitrogens with zero attached hydrogens (tertiary/aromatic N) is 2. The maximum Gasteiger partial charge on any atom is 0.197 e. The second kappa shape index (κ2) is 4.55. The molecule has 1 atom stereocenters. The van der Waals surface area contributed by atoms with E-state index in [1.807, 2.05) is 6.92 Å². The highest BCUT2D eigenvalue weighted by Crippen LogP contribution is 2.09. The Morgan fingerprint density at radius 1 is 1.67 bits per heavy atom. The van der Waals surface area contributed by atoms with Crippen molar-refractivity contribution in [1.82, 2.24) is 9.78 Å². The summed E-state index contributed by atoms with van der Waals surface area (Å²) in [4.78, 5) is 11.9. The van der Waals surface area contributed by atoms with E-state index in [4.69, 9.17) is 9.47 Å². The van der Waals surface area contributed by atoms with Gasteiger partial charge in [-0.15, -0.1) is 0 Å². The van der Waals surface area contributed by atoms with Crippen LogP contribution in [0.5, 0.6) is 0 Å². The van der Waals surface area contributed by atoms with Crippen molar-refractivity contribution in [3.63, 3.8) is 0 Å². The normalized spacial score (nSPS) is 21.5. The first-order valence-corrected chi connectivity index (χ1v) is 5.07. The smallest absolute Gasteiger partial charge is 0.197 e. The molecule has 0 aromatic carbocycles. The predicted molar refractivity (Wildman–Crippen MR) is 52.8 cm³/mol. The van der Waals surface area contributed by atoms with Gasteiger partial charge in [0, 0.05) is 12.7 Å². The standard InChI is InChI=1S/C10H14N2O3/c1-2-12-6-8(5-11-12)10(13)9-7-14-3-4-15-9/h5-6,9H,2-4,7H2,1H3. The first-order chi connectivity index (χ1) is 7.31. The van der Waals surface area contributed by atoms with E-state index in [2.05, 4.69) is 5.10 Å². The minimum atomic E-state index is -0.465. The Morgan fingerprint density at radius 2 is 2.53 bits per heavy atom. The third-order valence-electron chi connectivity index (χ3n) is 2.35. The molecule has 2 rings (SSSR count). The van der Waals surface area contributed by atoms with Gasteiger partial charge in [-0.05, 0) is 6.92 Å². The highest BCUT2D eigenvalue weighted by Gasteiger charge is 2.24. The van der Waals surface area contributed by atoms with Crippen molar-refractivity contribution in [2.45, 2.75) is 19.6 Å². The number of carbonyl (C=O) groups excluding carboxylic acids is 1. The van der Waals surface area contributed by atoms with Gasteiger partial charge < -0.3 is 9.47 Å². The molecule has 1 fully saturated rings. The number of rotatable bonds is 3. The molecular formula is C10H14N2O3. The van der Waals surface area contributed by atoms with E-state index in [0.717, 1.165) is 6.54 Å². The van der Waals surface area contributed by atoms with Crippen molar-refractivity contribution in [2.75, 3.05) is 19.8 Å². The molecule has 0 amide bonds. The van der Waals surface area contributed by atoms with Crippen LogP contribution in [0.2, 0.25) is 0 Å². The molecule has 0 radical (unpaired) electrons. The van der Waals surface area contributed by atoms with Crippen molar-refractivity contribution in [2.24, 2.45) is 0 Å². The van der Waals surface area contributed by atoms with Gasteiger partial charge in [0.15, 0.2) is 5.78 Å². The van der Waals surface area contributed by atoms with E-state index in [-0.39, 0.29) is 5.78 Å². The lowest BCUT2D eigenvalue weighted by atomic mass is 10.1. The van der Waals surface area contributed by atoms with E-state index < -0.39 is 6.10 Å². The molecule has 1 saturated heterocycles. The average molecular weight is 210 g/mol. The summed E-state index contributed by atoms with van der Waals surface area (Å²) in [5.74, 6) is -0.0469. The summed E-state index contributed by atoms with van der Waals surface area (Å²) in [5, 5.41) is 4.05. The Kier molecular flexibility index (Phi) is 3.13. The Balaban J connectivity index is 2.05. The largest absolute Gasteiger partial charge is 0.376 e. The Labute approximate surface area is 88.0 Å². The van der Waals surface area contributed by atoms with Crippen LogP contribution >= 0.6 is 0 Å². The quantitative estimate of drug-likeness (QED) is 0.682. The minimum Gasteiger partial charge on any atom is -0.376 e. The minimum absolute atomic E-state index is 0.0469. The fourth-order valence-corrected chi connectivity index (χ4v) is 1.49. The average Bonchev–Trinajstić information content (AvgIpc) is 2.78. The zero-order valence-corrected chi connectivity index (χ0v) is 8.68. The van der Waals surface area contributed by atoms with Crippen molar-refractivity contribution < 1.29 is 14.3 Å². The number of hydrogen-bond acceptors (Lipinski definition) is 4. The SMILES string of the molecule is CCn1cc(C(=O)C2COCCO2)cn1. The second-order valence-electron chi connectivity index (χ2n) is 3.38. The third-order valence-corrected chi connectivity index (χ3v) is 2.35. The molecule has 15 heavy (non-hydrogen) atoms. The molecule has 82 valence electrons. The van der Waals surface area contributed by atoms with Crippen molar-refractivity contribution in [3.8, 4) is 0 Å². The second-order valence-corrected chi connectivity index (χ2v) is 3.38. The maximum atomic E-state index is 11.9. The van der Waals surface area contributed by atoms with E-state index in [1.165, 1.54) is 0 Å². The van der Waals surface area contributed by atoms with Crippen LogP contribution in [0, 0.1) is 0 Å². The van der Waals surface area contributed by atoms with Gasteiger partial charge in [-0.25, -0.2) is 0 Å². The van der Waals surface area contributed by atoms with Gasteiger partial charge in [-0.3, -0.25) is 9.48 Å². The molecular weight excluding hydrogens is 196 g/mol. The van der Waals surface area contributed by atoms with Gasteiger partial charge in [-0.2, -0.15) is 5.10 Å². The highest BCUT2D eigenvalue weighted by molar-refractivity contribution is 5.99. The number of ketones is 1. The number of Topliss-reactive ketones (excluding diaryl/α,β-unsaturated/α-hetero) is 1. The summed E-state index contributed by atoms with van der Waals surface area (Å²) in [6.45, 7) is 4.13. The van der Waals surface area contributed by atoms with Crippen LogP contribution < -0.4 is 0 Å². The fraction of sp³-hybridized carbons (Fsp3) is 0.600. The summed E-state index contributed by atoms with van der Waals surface area (Å²) < 4.78 is 12.2.